The Bertz CT molecular complexity index is 589. The van der Waals surface area contributed by atoms with Crippen LogP contribution in [0, 0.1) is 0 Å². The molecular formula is C9H8ClN3O3. The Labute approximate surface area is 94.7 Å². The molecule has 16 heavy (non-hydrogen) atoms. The maximum Gasteiger partial charge on any atom is 0.323 e. The van der Waals surface area contributed by atoms with Crippen LogP contribution >= 0.6 is 11.6 Å². The van der Waals surface area contributed by atoms with E-state index >= 15 is 0 Å². The third-order valence-corrected chi connectivity index (χ3v) is 2.49. The first kappa shape index (κ1) is 10.7. The number of carboxylic acid groups (broad SMARTS) is 1. The molecule has 0 aromatic carbocycles. The number of nitrogens with zero attached hydrogens (tertiary/aromatic N) is 3. The van der Waals surface area contributed by atoms with Crippen molar-refractivity contribution in [3.63, 3.8) is 0 Å². The fraction of sp³-hybridized carbons (Fsp3) is 0.222. The first-order chi connectivity index (χ1) is 7.59. The second kappa shape index (κ2) is 3.97. The predicted octanol–water partition coefficient (Wildman–Crippen LogP) is 0.188. The summed E-state index contributed by atoms with van der Waals surface area (Å²) in [4.78, 5) is 22.4. The number of alkyl halides is 1. The first-order valence-electron chi connectivity index (χ1n) is 4.49. The fourth-order valence-corrected chi connectivity index (χ4v) is 1.50. The lowest BCUT2D eigenvalue weighted by molar-refractivity contribution is -0.136. The van der Waals surface area contributed by atoms with Crippen LogP contribution in [-0.4, -0.2) is 30.6 Å². The molecule has 0 spiro atoms. The molecule has 0 amide bonds. The van der Waals surface area contributed by atoms with Gasteiger partial charge in [0, 0.05) is 12.4 Å². The van der Waals surface area contributed by atoms with Crippen LogP contribution in [0.25, 0.3) is 5.52 Å². The number of hydrogen-bond acceptors (Lipinski definition) is 3. The van der Waals surface area contributed by atoms with Crippen molar-refractivity contribution in [3.05, 3.63) is 35.0 Å². The summed E-state index contributed by atoms with van der Waals surface area (Å²) < 4.78 is 2.67. The summed E-state index contributed by atoms with van der Waals surface area (Å²) in [6.07, 6.45) is 4.53. The number of carboxylic acids is 1. The summed E-state index contributed by atoms with van der Waals surface area (Å²) in [7, 11) is 0. The van der Waals surface area contributed by atoms with E-state index < -0.39 is 11.3 Å². The van der Waals surface area contributed by atoms with E-state index in [9.17, 15) is 9.59 Å². The van der Waals surface area contributed by atoms with Crippen LogP contribution in [0.1, 0.15) is 0 Å². The van der Waals surface area contributed by atoms with Gasteiger partial charge in [0.1, 0.15) is 10.9 Å². The third-order valence-electron chi connectivity index (χ3n) is 2.16. The number of carbonyl (C=O) groups is 1. The molecule has 0 radical (unpaired) electrons. The van der Waals surface area contributed by atoms with Gasteiger partial charge in [0.2, 0.25) is 0 Å². The summed E-state index contributed by atoms with van der Waals surface area (Å²) >= 11 is 5.57. The standard InChI is InChI=1S/C9H8ClN3O3/c10-6(9(15)16)5-12-3-4-13-7(8(12)14)1-2-11-13/h1-4,6H,5H2,(H,15,16). The Balaban J connectivity index is 2.42. The van der Waals surface area contributed by atoms with Gasteiger partial charge in [0.15, 0.2) is 0 Å². The Morgan fingerprint density at radius 1 is 1.56 bits per heavy atom. The molecule has 2 heterocycles. The van der Waals surface area contributed by atoms with Crippen LogP contribution in [0.2, 0.25) is 0 Å². The smallest absolute Gasteiger partial charge is 0.323 e. The highest BCUT2D eigenvalue weighted by Gasteiger charge is 2.15. The normalized spacial score (nSPS) is 12.8. The van der Waals surface area contributed by atoms with Gasteiger partial charge in [-0.2, -0.15) is 5.10 Å². The highest BCUT2D eigenvalue weighted by atomic mass is 35.5. The van der Waals surface area contributed by atoms with Crippen LogP contribution < -0.4 is 5.56 Å². The summed E-state index contributed by atoms with van der Waals surface area (Å²) in [5.74, 6) is -1.15. The van der Waals surface area contributed by atoms with E-state index in [2.05, 4.69) is 5.10 Å². The SMILES string of the molecule is O=C(O)C(Cl)Cn1ccn2nccc2c1=O. The minimum absolute atomic E-state index is 0.0720. The van der Waals surface area contributed by atoms with E-state index in [1.54, 1.807) is 12.3 Å². The van der Waals surface area contributed by atoms with E-state index in [1.807, 2.05) is 0 Å². The number of hydrogen-bond donors (Lipinski definition) is 1. The molecule has 0 aliphatic rings. The molecule has 84 valence electrons. The molecule has 0 saturated carbocycles. The molecule has 0 saturated heterocycles. The van der Waals surface area contributed by atoms with Gasteiger partial charge in [0.05, 0.1) is 12.7 Å². The zero-order valence-electron chi connectivity index (χ0n) is 8.08. The lowest BCUT2D eigenvalue weighted by atomic mass is 10.4. The third kappa shape index (κ3) is 1.79. The molecule has 1 atom stereocenters. The van der Waals surface area contributed by atoms with Crippen molar-refractivity contribution in [2.24, 2.45) is 0 Å². The molecule has 0 aliphatic carbocycles. The molecule has 2 aromatic heterocycles. The largest absolute Gasteiger partial charge is 0.480 e. The fourth-order valence-electron chi connectivity index (χ4n) is 1.36. The van der Waals surface area contributed by atoms with Gasteiger partial charge in [-0.3, -0.25) is 9.59 Å². The van der Waals surface area contributed by atoms with Gasteiger partial charge in [-0.1, -0.05) is 0 Å². The van der Waals surface area contributed by atoms with Gasteiger partial charge in [-0.25, -0.2) is 4.52 Å². The van der Waals surface area contributed by atoms with Gasteiger partial charge >= 0.3 is 5.97 Å². The Kier molecular flexibility index (Phi) is 2.66. The topological polar surface area (TPSA) is 76.6 Å². The molecule has 2 rings (SSSR count). The maximum absolute atomic E-state index is 11.8. The van der Waals surface area contributed by atoms with E-state index in [1.165, 1.54) is 21.5 Å². The second-order valence-electron chi connectivity index (χ2n) is 3.22. The highest BCUT2D eigenvalue weighted by molar-refractivity contribution is 6.29. The summed E-state index contributed by atoms with van der Waals surface area (Å²) in [6, 6.07) is 1.56. The zero-order chi connectivity index (χ0) is 11.7. The average Bonchev–Trinajstić information content (AvgIpc) is 2.70. The number of halogens is 1. The summed E-state index contributed by atoms with van der Waals surface area (Å²) in [6.45, 7) is -0.0720. The molecule has 1 unspecified atom stereocenters. The summed E-state index contributed by atoms with van der Waals surface area (Å²) in [5, 5.41) is 11.4. The minimum Gasteiger partial charge on any atom is -0.480 e. The molecule has 6 nitrogen and oxygen atoms in total. The maximum atomic E-state index is 11.8. The van der Waals surface area contributed by atoms with E-state index in [0.29, 0.717) is 5.52 Å². The van der Waals surface area contributed by atoms with Crippen molar-refractivity contribution < 1.29 is 9.90 Å². The van der Waals surface area contributed by atoms with Crippen molar-refractivity contribution in [1.29, 1.82) is 0 Å². The van der Waals surface area contributed by atoms with Crippen molar-refractivity contribution >= 4 is 23.1 Å². The minimum atomic E-state index is -1.15. The zero-order valence-corrected chi connectivity index (χ0v) is 8.83. The lowest BCUT2D eigenvalue weighted by Crippen LogP contribution is -2.28. The molecular weight excluding hydrogens is 234 g/mol. The predicted molar refractivity (Wildman–Crippen MR) is 56.7 cm³/mol. The monoisotopic (exact) mass is 241 g/mol. The molecule has 0 bridgehead atoms. The summed E-state index contributed by atoms with van der Waals surface area (Å²) in [5.41, 5.74) is 0.0728. The Hall–Kier alpha value is -1.82. The molecule has 0 aliphatic heterocycles. The van der Waals surface area contributed by atoms with Crippen molar-refractivity contribution in [2.45, 2.75) is 11.9 Å². The number of aliphatic carboxylic acids is 1. The number of fused-ring (bicyclic) bond motifs is 1. The average molecular weight is 242 g/mol. The van der Waals surface area contributed by atoms with Crippen molar-refractivity contribution in [2.75, 3.05) is 0 Å². The molecule has 0 fully saturated rings. The van der Waals surface area contributed by atoms with Crippen molar-refractivity contribution in [1.82, 2.24) is 14.2 Å². The molecule has 7 heteroatoms. The van der Waals surface area contributed by atoms with Gasteiger partial charge in [-0.15, -0.1) is 11.6 Å². The Morgan fingerprint density at radius 3 is 3.00 bits per heavy atom. The number of rotatable bonds is 3. The first-order valence-corrected chi connectivity index (χ1v) is 4.93. The van der Waals surface area contributed by atoms with Crippen LogP contribution in [0.15, 0.2) is 29.5 Å². The van der Waals surface area contributed by atoms with E-state index in [4.69, 9.17) is 16.7 Å². The van der Waals surface area contributed by atoms with Gasteiger partial charge in [-0.05, 0) is 6.07 Å². The second-order valence-corrected chi connectivity index (χ2v) is 3.75. The number of aromatic nitrogens is 3. The van der Waals surface area contributed by atoms with Gasteiger partial charge < -0.3 is 9.67 Å². The quantitative estimate of drug-likeness (QED) is 0.779. The molecule has 2 aromatic rings. The van der Waals surface area contributed by atoms with Crippen LogP contribution in [-0.2, 0) is 11.3 Å². The Morgan fingerprint density at radius 2 is 2.31 bits per heavy atom. The highest BCUT2D eigenvalue weighted by Crippen LogP contribution is 2.01. The van der Waals surface area contributed by atoms with E-state index in [0.717, 1.165) is 0 Å². The lowest BCUT2D eigenvalue weighted by Gasteiger charge is -2.07. The van der Waals surface area contributed by atoms with Crippen molar-refractivity contribution in [3.8, 4) is 0 Å². The van der Waals surface area contributed by atoms with Crippen LogP contribution in [0.4, 0.5) is 0 Å². The van der Waals surface area contributed by atoms with Crippen LogP contribution in [0.5, 0.6) is 0 Å². The van der Waals surface area contributed by atoms with Gasteiger partial charge in [0.25, 0.3) is 5.56 Å². The molecule has 1 N–H and O–H groups in total. The van der Waals surface area contributed by atoms with Crippen LogP contribution in [0.3, 0.4) is 0 Å². The van der Waals surface area contributed by atoms with E-state index in [-0.39, 0.29) is 12.1 Å².